The van der Waals surface area contributed by atoms with Crippen LogP contribution in [0.1, 0.15) is 64.7 Å². The molecule has 1 saturated carbocycles. The summed E-state index contributed by atoms with van der Waals surface area (Å²) < 4.78 is 17.1. The lowest BCUT2D eigenvalue weighted by molar-refractivity contribution is -0.242. The molecule has 0 aromatic heterocycles. The van der Waals surface area contributed by atoms with Gasteiger partial charge in [0.1, 0.15) is 0 Å². The Morgan fingerprint density at radius 3 is 2.50 bits per heavy atom. The van der Waals surface area contributed by atoms with Crippen LogP contribution in [0.15, 0.2) is 18.2 Å². The van der Waals surface area contributed by atoms with E-state index in [1.54, 1.807) is 19.2 Å². The molecule has 1 N–H and O–H groups in total. The minimum absolute atomic E-state index is 0.134. The molecule has 0 unspecified atom stereocenters. The Labute approximate surface area is 146 Å². The molecule has 1 spiro atoms. The molecule has 2 fully saturated rings. The fourth-order valence-electron chi connectivity index (χ4n) is 3.66. The van der Waals surface area contributed by atoms with Crippen molar-refractivity contribution in [1.82, 2.24) is 0 Å². The first kappa shape index (κ1) is 19.1. The van der Waals surface area contributed by atoms with E-state index in [2.05, 4.69) is 20.8 Å². The second kappa shape index (κ2) is 8.72. The Balaban J connectivity index is 0.000000647. The van der Waals surface area contributed by atoms with E-state index in [4.69, 9.17) is 14.2 Å². The molecule has 1 heterocycles. The van der Waals surface area contributed by atoms with Crippen LogP contribution in [0, 0.1) is 11.3 Å². The number of ether oxygens (including phenoxy) is 3. The van der Waals surface area contributed by atoms with Gasteiger partial charge in [-0.25, -0.2) is 0 Å². The summed E-state index contributed by atoms with van der Waals surface area (Å²) in [5.74, 6) is 1.34. The van der Waals surface area contributed by atoms with Crippen LogP contribution in [-0.2, 0) is 9.47 Å². The zero-order valence-electron chi connectivity index (χ0n) is 15.5. The molecule has 4 heteroatoms. The van der Waals surface area contributed by atoms with E-state index in [9.17, 15) is 5.11 Å². The second-order valence-electron chi connectivity index (χ2n) is 7.29. The van der Waals surface area contributed by atoms with Crippen molar-refractivity contribution in [3.05, 3.63) is 23.8 Å². The number of aromatic hydroxyl groups is 1. The van der Waals surface area contributed by atoms with E-state index in [0.717, 1.165) is 24.7 Å². The molecule has 1 atom stereocenters. The predicted molar refractivity (Wildman–Crippen MR) is 95.3 cm³/mol. The van der Waals surface area contributed by atoms with E-state index in [1.165, 1.54) is 32.1 Å². The van der Waals surface area contributed by atoms with Crippen LogP contribution >= 0.6 is 0 Å². The standard InChI is InChI=1S/C17H24O4.C3H8/c1-12-4-3-7-17(9-12)10-20-16(21-11-17)13-5-6-14(18)15(8-13)19-2;1-3-2/h5-6,8,12,16,18H,3-4,7,9-11H2,1-2H3;3H2,1-2H3/t12-,16?,17?;/m1./s1. The third-order valence-electron chi connectivity index (χ3n) is 4.74. The summed E-state index contributed by atoms with van der Waals surface area (Å²) in [5.41, 5.74) is 1.10. The van der Waals surface area contributed by atoms with Crippen LogP contribution < -0.4 is 4.74 Å². The van der Waals surface area contributed by atoms with Crippen LogP contribution in [-0.4, -0.2) is 25.4 Å². The van der Waals surface area contributed by atoms with Crippen molar-refractivity contribution in [3.63, 3.8) is 0 Å². The van der Waals surface area contributed by atoms with Crippen LogP contribution in [0.2, 0.25) is 0 Å². The minimum atomic E-state index is -0.359. The van der Waals surface area contributed by atoms with Gasteiger partial charge in [0.25, 0.3) is 0 Å². The molecule has 0 radical (unpaired) electrons. The Morgan fingerprint density at radius 1 is 1.25 bits per heavy atom. The Kier molecular flexibility index (Phi) is 6.93. The maximum atomic E-state index is 9.65. The molecule has 2 aliphatic rings. The molecule has 1 saturated heterocycles. The topological polar surface area (TPSA) is 47.9 Å². The van der Waals surface area contributed by atoms with Crippen LogP contribution in [0.25, 0.3) is 0 Å². The molecule has 0 bridgehead atoms. The quantitative estimate of drug-likeness (QED) is 0.820. The van der Waals surface area contributed by atoms with Gasteiger partial charge in [-0.3, -0.25) is 0 Å². The van der Waals surface area contributed by atoms with E-state index in [0.29, 0.717) is 5.75 Å². The number of phenolic OH excluding ortho intramolecular Hbond substituents is 1. The Morgan fingerprint density at radius 2 is 1.92 bits per heavy atom. The maximum absolute atomic E-state index is 9.65. The van der Waals surface area contributed by atoms with Gasteiger partial charge in [-0.1, -0.05) is 46.1 Å². The van der Waals surface area contributed by atoms with Crippen molar-refractivity contribution in [2.75, 3.05) is 20.3 Å². The third-order valence-corrected chi connectivity index (χ3v) is 4.74. The molecule has 136 valence electrons. The van der Waals surface area contributed by atoms with Crippen LogP contribution in [0.3, 0.4) is 0 Å². The van der Waals surface area contributed by atoms with Crippen molar-refractivity contribution < 1.29 is 19.3 Å². The smallest absolute Gasteiger partial charge is 0.183 e. The fourth-order valence-corrected chi connectivity index (χ4v) is 3.66. The summed E-state index contributed by atoms with van der Waals surface area (Å²) in [6.45, 7) is 8.08. The molecular formula is C20H32O4. The van der Waals surface area contributed by atoms with Crippen molar-refractivity contribution >= 4 is 0 Å². The highest BCUT2D eigenvalue weighted by Crippen LogP contribution is 2.44. The highest BCUT2D eigenvalue weighted by Gasteiger charge is 2.40. The van der Waals surface area contributed by atoms with Gasteiger partial charge in [-0.15, -0.1) is 0 Å². The summed E-state index contributed by atoms with van der Waals surface area (Å²) in [4.78, 5) is 0. The molecule has 1 aromatic rings. The first-order valence-electron chi connectivity index (χ1n) is 9.13. The highest BCUT2D eigenvalue weighted by atomic mass is 16.7. The molecule has 1 aliphatic carbocycles. The summed E-state index contributed by atoms with van der Waals surface area (Å²) in [6.07, 6.45) is 5.87. The lowest BCUT2D eigenvalue weighted by Crippen LogP contribution is -2.41. The molecule has 1 aromatic carbocycles. The van der Waals surface area contributed by atoms with Gasteiger partial charge < -0.3 is 19.3 Å². The van der Waals surface area contributed by atoms with Gasteiger partial charge in [-0.2, -0.15) is 0 Å². The largest absolute Gasteiger partial charge is 0.504 e. The minimum Gasteiger partial charge on any atom is -0.504 e. The number of methoxy groups -OCH3 is 1. The summed E-state index contributed by atoms with van der Waals surface area (Å²) in [5, 5.41) is 9.65. The zero-order chi connectivity index (χ0) is 17.6. The molecule has 3 rings (SSSR count). The van der Waals surface area contributed by atoms with E-state index in [1.807, 2.05) is 6.07 Å². The number of hydrogen-bond donors (Lipinski definition) is 1. The Bertz CT molecular complexity index is 506. The van der Waals surface area contributed by atoms with Crippen molar-refractivity contribution in [3.8, 4) is 11.5 Å². The maximum Gasteiger partial charge on any atom is 0.183 e. The summed E-state index contributed by atoms with van der Waals surface area (Å²) >= 11 is 0. The van der Waals surface area contributed by atoms with Gasteiger partial charge in [0.2, 0.25) is 0 Å². The number of rotatable bonds is 2. The molecule has 4 nitrogen and oxygen atoms in total. The average molecular weight is 336 g/mol. The molecule has 24 heavy (non-hydrogen) atoms. The monoisotopic (exact) mass is 336 g/mol. The average Bonchev–Trinajstić information content (AvgIpc) is 2.57. The normalized spacial score (nSPS) is 29.7. The zero-order valence-corrected chi connectivity index (χ0v) is 15.5. The van der Waals surface area contributed by atoms with Gasteiger partial charge in [0, 0.05) is 11.0 Å². The highest BCUT2D eigenvalue weighted by molar-refractivity contribution is 5.42. The van der Waals surface area contributed by atoms with Crippen molar-refractivity contribution in [1.29, 1.82) is 0 Å². The van der Waals surface area contributed by atoms with Gasteiger partial charge in [0.15, 0.2) is 17.8 Å². The molecule has 0 amide bonds. The van der Waals surface area contributed by atoms with Crippen LogP contribution in [0.4, 0.5) is 0 Å². The summed E-state index contributed by atoms with van der Waals surface area (Å²) in [6, 6.07) is 5.22. The van der Waals surface area contributed by atoms with Crippen LogP contribution in [0.5, 0.6) is 11.5 Å². The fraction of sp³-hybridized carbons (Fsp3) is 0.700. The Hall–Kier alpha value is -1.26. The van der Waals surface area contributed by atoms with Crippen molar-refractivity contribution in [2.24, 2.45) is 11.3 Å². The van der Waals surface area contributed by atoms with Gasteiger partial charge >= 0.3 is 0 Å². The number of phenols is 1. The third kappa shape index (κ3) is 4.64. The van der Waals surface area contributed by atoms with E-state index < -0.39 is 0 Å². The lowest BCUT2D eigenvalue weighted by atomic mass is 9.71. The van der Waals surface area contributed by atoms with Gasteiger partial charge in [0.05, 0.1) is 20.3 Å². The van der Waals surface area contributed by atoms with E-state index >= 15 is 0 Å². The second-order valence-corrected chi connectivity index (χ2v) is 7.29. The SMILES string of the molecule is CCC.COc1cc(C2OCC3(CCC[C@@H](C)C3)CO2)ccc1O. The summed E-state index contributed by atoms with van der Waals surface area (Å²) in [7, 11) is 1.54. The predicted octanol–water partition coefficient (Wildman–Crippen LogP) is 5.06. The van der Waals surface area contributed by atoms with E-state index in [-0.39, 0.29) is 17.5 Å². The number of hydrogen-bond acceptors (Lipinski definition) is 4. The molecule has 1 aliphatic heterocycles. The first-order chi connectivity index (χ1) is 11.5. The number of benzene rings is 1. The first-order valence-corrected chi connectivity index (χ1v) is 9.13. The van der Waals surface area contributed by atoms with Gasteiger partial charge in [-0.05, 0) is 30.9 Å². The lowest BCUT2D eigenvalue weighted by Gasteiger charge is -2.44. The molecular weight excluding hydrogens is 304 g/mol. The van der Waals surface area contributed by atoms with Crippen molar-refractivity contribution in [2.45, 2.75) is 59.2 Å².